The third kappa shape index (κ3) is 9.11. The number of ether oxygens (including phenoxy) is 1. The molecule has 1 atom stereocenters. The molecular formula is C22H32N4O2S. The lowest BCUT2D eigenvalue weighted by molar-refractivity contribution is 0.0646. The molecule has 0 aliphatic rings. The third-order valence-electron chi connectivity index (χ3n) is 4.23. The highest BCUT2D eigenvalue weighted by atomic mass is 32.1. The second-order valence-corrected chi connectivity index (χ2v) is 7.50. The second kappa shape index (κ2) is 13.7. The molecule has 0 fully saturated rings. The molecule has 0 saturated carbocycles. The summed E-state index contributed by atoms with van der Waals surface area (Å²) < 4.78 is 5.90. The van der Waals surface area contributed by atoms with Crippen molar-refractivity contribution in [2.24, 2.45) is 4.99 Å². The Morgan fingerprint density at radius 2 is 1.86 bits per heavy atom. The number of aliphatic imine (C=N–C) groups is 1. The van der Waals surface area contributed by atoms with Crippen molar-refractivity contribution in [1.82, 2.24) is 16.0 Å². The smallest absolute Gasteiger partial charge is 0.261 e. The van der Waals surface area contributed by atoms with Crippen molar-refractivity contribution >= 4 is 23.2 Å². The molecule has 0 bridgehead atoms. The van der Waals surface area contributed by atoms with E-state index in [2.05, 4.69) is 40.0 Å². The van der Waals surface area contributed by atoms with Gasteiger partial charge in [-0.25, -0.2) is 0 Å². The van der Waals surface area contributed by atoms with Gasteiger partial charge < -0.3 is 20.7 Å². The van der Waals surface area contributed by atoms with Crippen LogP contribution in [0.4, 0.5) is 0 Å². The number of nitrogens with zero attached hydrogens (tertiary/aromatic N) is 1. The van der Waals surface area contributed by atoms with Crippen LogP contribution in [0.3, 0.4) is 0 Å². The van der Waals surface area contributed by atoms with E-state index in [1.165, 1.54) is 16.9 Å². The molecule has 0 aliphatic carbocycles. The number of carbonyl (C=O) groups excluding carboxylic acids is 1. The Labute approximate surface area is 177 Å². The number of amides is 1. The van der Waals surface area contributed by atoms with Crippen molar-refractivity contribution in [3.05, 3.63) is 58.3 Å². The summed E-state index contributed by atoms with van der Waals surface area (Å²) in [6.45, 7) is 7.68. The van der Waals surface area contributed by atoms with Crippen molar-refractivity contribution < 1.29 is 9.53 Å². The molecule has 6 nitrogen and oxygen atoms in total. The molecule has 29 heavy (non-hydrogen) atoms. The van der Waals surface area contributed by atoms with Crippen LogP contribution in [-0.4, -0.2) is 44.7 Å². The van der Waals surface area contributed by atoms with Crippen LogP contribution in [0.25, 0.3) is 0 Å². The highest BCUT2D eigenvalue weighted by molar-refractivity contribution is 7.12. The first-order valence-electron chi connectivity index (χ1n) is 10.2. The zero-order valence-electron chi connectivity index (χ0n) is 17.3. The zero-order chi connectivity index (χ0) is 20.7. The van der Waals surface area contributed by atoms with Crippen molar-refractivity contribution in [3.63, 3.8) is 0 Å². The molecule has 1 aromatic heterocycles. The van der Waals surface area contributed by atoms with Crippen LogP contribution in [0, 0.1) is 0 Å². The fraction of sp³-hybridized carbons (Fsp3) is 0.455. The normalized spacial score (nSPS) is 12.4. The lowest BCUT2D eigenvalue weighted by Crippen LogP contribution is -2.38. The fourth-order valence-electron chi connectivity index (χ4n) is 2.67. The average Bonchev–Trinajstić information content (AvgIpc) is 3.28. The summed E-state index contributed by atoms with van der Waals surface area (Å²) in [7, 11) is 0. The van der Waals surface area contributed by atoms with Crippen LogP contribution in [0.5, 0.6) is 0 Å². The van der Waals surface area contributed by atoms with Crippen LogP contribution in [0.15, 0.2) is 52.8 Å². The van der Waals surface area contributed by atoms with Gasteiger partial charge in [0.1, 0.15) is 0 Å². The van der Waals surface area contributed by atoms with Gasteiger partial charge in [0.25, 0.3) is 5.91 Å². The number of guanidine groups is 1. The van der Waals surface area contributed by atoms with E-state index < -0.39 is 0 Å². The summed E-state index contributed by atoms with van der Waals surface area (Å²) in [6.07, 6.45) is 1.80. The first kappa shape index (κ1) is 22.9. The molecule has 1 amide bonds. The van der Waals surface area contributed by atoms with Crippen molar-refractivity contribution in [2.75, 3.05) is 32.8 Å². The Morgan fingerprint density at radius 1 is 1.07 bits per heavy atom. The minimum Gasteiger partial charge on any atom is -0.374 e. The Morgan fingerprint density at radius 3 is 2.59 bits per heavy atom. The largest absolute Gasteiger partial charge is 0.374 e. The summed E-state index contributed by atoms with van der Waals surface area (Å²) in [5, 5.41) is 11.4. The maximum atomic E-state index is 11.9. The number of hydrogen-bond acceptors (Lipinski definition) is 4. The number of hydrogen-bond donors (Lipinski definition) is 3. The summed E-state index contributed by atoms with van der Waals surface area (Å²) in [4.78, 5) is 17.2. The predicted octanol–water partition coefficient (Wildman–Crippen LogP) is 3.59. The number of carbonyl (C=O) groups is 1. The number of benzene rings is 1. The molecular weight excluding hydrogens is 384 g/mol. The molecule has 0 aliphatic heterocycles. The fourth-order valence-corrected chi connectivity index (χ4v) is 3.31. The Bertz CT molecular complexity index is 720. The number of thiophene rings is 1. The SMILES string of the molecule is CCNC(=NCCCNC(=O)c1cccs1)NCCCOC(C)c1ccccc1. The summed E-state index contributed by atoms with van der Waals surface area (Å²) in [6, 6.07) is 14.0. The minimum atomic E-state index is -0.0151. The van der Waals surface area contributed by atoms with Crippen molar-refractivity contribution in [1.29, 1.82) is 0 Å². The molecule has 7 heteroatoms. The maximum Gasteiger partial charge on any atom is 0.261 e. The maximum absolute atomic E-state index is 11.9. The van der Waals surface area contributed by atoms with Gasteiger partial charge in [-0.15, -0.1) is 11.3 Å². The Balaban J connectivity index is 1.58. The summed E-state index contributed by atoms with van der Waals surface area (Å²) >= 11 is 1.45. The van der Waals surface area contributed by atoms with Gasteiger partial charge in [0, 0.05) is 32.8 Å². The van der Waals surface area contributed by atoms with Crippen molar-refractivity contribution in [3.8, 4) is 0 Å². The number of nitrogens with one attached hydrogen (secondary N) is 3. The first-order chi connectivity index (χ1) is 14.2. The van der Waals surface area contributed by atoms with Gasteiger partial charge in [-0.3, -0.25) is 9.79 Å². The molecule has 2 aromatic rings. The Hall–Kier alpha value is -2.38. The van der Waals surface area contributed by atoms with Crippen molar-refractivity contribution in [2.45, 2.75) is 32.8 Å². The molecule has 0 saturated heterocycles. The van der Waals surface area contributed by atoms with Gasteiger partial charge in [-0.2, -0.15) is 0 Å². The standard InChI is InChI=1S/C22H32N4O2S/c1-3-23-22(25-14-8-13-24-21(27)20-12-7-17-29-20)26-15-9-16-28-18(2)19-10-5-4-6-11-19/h4-7,10-12,17-18H,3,8-9,13-16H2,1-2H3,(H,24,27)(H2,23,25,26). The summed E-state index contributed by atoms with van der Waals surface area (Å²) in [5.74, 6) is 0.784. The molecule has 3 N–H and O–H groups in total. The van der Waals surface area contributed by atoms with E-state index in [1.807, 2.05) is 42.6 Å². The highest BCUT2D eigenvalue weighted by Gasteiger charge is 2.05. The van der Waals surface area contributed by atoms with E-state index in [-0.39, 0.29) is 12.0 Å². The van der Waals surface area contributed by atoms with Gasteiger partial charge >= 0.3 is 0 Å². The Kier molecular flexibility index (Phi) is 10.9. The highest BCUT2D eigenvalue weighted by Crippen LogP contribution is 2.15. The topological polar surface area (TPSA) is 74.8 Å². The number of rotatable bonds is 12. The van der Waals surface area contributed by atoms with E-state index in [0.29, 0.717) is 19.7 Å². The molecule has 1 unspecified atom stereocenters. The van der Waals surface area contributed by atoms with Crippen LogP contribution in [-0.2, 0) is 4.74 Å². The van der Waals surface area contributed by atoms with Crippen LogP contribution in [0.2, 0.25) is 0 Å². The molecule has 1 heterocycles. The minimum absolute atomic E-state index is 0.0151. The molecule has 0 spiro atoms. The van der Waals surface area contributed by atoms with Gasteiger partial charge in [-0.05, 0) is 43.7 Å². The predicted molar refractivity (Wildman–Crippen MR) is 121 cm³/mol. The van der Waals surface area contributed by atoms with Gasteiger partial charge in [0.15, 0.2) is 5.96 Å². The van der Waals surface area contributed by atoms with Gasteiger partial charge in [0.2, 0.25) is 0 Å². The lowest BCUT2D eigenvalue weighted by atomic mass is 10.1. The van der Waals surface area contributed by atoms with Gasteiger partial charge in [0.05, 0.1) is 11.0 Å². The first-order valence-corrected chi connectivity index (χ1v) is 11.1. The third-order valence-corrected chi connectivity index (χ3v) is 5.10. The molecule has 0 radical (unpaired) electrons. The van der Waals surface area contributed by atoms with E-state index in [1.54, 1.807) is 0 Å². The lowest BCUT2D eigenvalue weighted by Gasteiger charge is -2.14. The van der Waals surface area contributed by atoms with E-state index in [4.69, 9.17) is 4.74 Å². The molecule has 158 valence electrons. The van der Waals surface area contributed by atoms with Crippen LogP contribution < -0.4 is 16.0 Å². The monoisotopic (exact) mass is 416 g/mol. The van der Waals surface area contributed by atoms with Crippen LogP contribution in [0.1, 0.15) is 48.0 Å². The molecule has 1 aromatic carbocycles. The van der Waals surface area contributed by atoms with Gasteiger partial charge in [-0.1, -0.05) is 36.4 Å². The zero-order valence-corrected chi connectivity index (χ0v) is 18.1. The van der Waals surface area contributed by atoms with E-state index >= 15 is 0 Å². The average molecular weight is 417 g/mol. The van der Waals surface area contributed by atoms with E-state index in [0.717, 1.165) is 36.8 Å². The second-order valence-electron chi connectivity index (χ2n) is 6.55. The quantitative estimate of drug-likeness (QED) is 0.281. The molecule has 2 rings (SSSR count). The van der Waals surface area contributed by atoms with Crippen LogP contribution >= 0.6 is 11.3 Å². The summed E-state index contributed by atoms with van der Waals surface area (Å²) in [5.41, 5.74) is 1.20. The van der Waals surface area contributed by atoms with E-state index in [9.17, 15) is 4.79 Å².